The molecule has 0 atom stereocenters. The predicted octanol–water partition coefficient (Wildman–Crippen LogP) is 3.84. The molecule has 22 heavy (non-hydrogen) atoms. The second kappa shape index (κ2) is 5.97. The van der Waals surface area contributed by atoms with Crippen molar-refractivity contribution in [3.05, 3.63) is 58.6 Å². The number of anilines is 1. The van der Waals surface area contributed by atoms with Gasteiger partial charge in [-0.05, 0) is 29.8 Å². The van der Waals surface area contributed by atoms with Gasteiger partial charge in [0.1, 0.15) is 12.4 Å². The average molecular weight is 310 g/mol. The molecule has 0 spiro atoms. The SMILES string of the molecule is C#CCOc1ccc(/C=C2\C(=O)Nc3ccccc32)cc1Cl. The van der Waals surface area contributed by atoms with Crippen LogP contribution in [0.1, 0.15) is 11.1 Å². The van der Waals surface area contributed by atoms with E-state index < -0.39 is 0 Å². The van der Waals surface area contributed by atoms with Gasteiger partial charge in [0.25, 0.3) is 5.91 Å². The van der Waals surface area contributed by atoms with E-state index in [4.69, 9.17) is 22.8 Å². The first-order valence-electron chi connectivity index (χ1n) is 6.67. The first-order chi connectivity index (χ1) is 10.7. The van der Waals surface area contributed by atoms with Crippen molar-refractivity contribution in [3.8, 4) is 18.1 Å². The molecule has 0 radical (unpaired) electrons. The van der Waals surface area contributed by atoms with Crippen LogP contribution in [-0.4, -0.2) is 12.5 Å². The zero-order valence-corrected chi connectivity index (χ0v) is 12.4. The molecule has 3 rings (SSSR count). The summed E-state index contributed by atoms with van der Waals surface area (Å²) in [6, 6.07) is 12.9. The van der Waals surface area contributed by atoms with Crippen LogP contribution in [0.3, 0.4) is 0 Å². The van der Waals surface area contributed by atoms with Gasteiger partial charge in [0.05, 0.1) is 5.02 Å². The van der Waals surface area contributed by atoms with E-state index in [9.17, 15) is 4.79 Å². The number of terminal acetylenes is 1. The molecule has 108 valence electrons. The minimum absolute atomic E-state index is 0.120. The van der Waals surface area contributed by atoms with Gasteiger partial charge in [0.15, 0.2) is 0 Å². The van der Waals surface area contributed by atoms with E-state index in [2.05, 4.69) is 11.2 Å². The lowest BCUT2D eigenvalue weighted by Crippen LogP contribution is -2.03. The van der Waals surface area contributed by atoms with Crippen LogP contribution < -0.4 is 10.1 Å². The molecule has 4 heteroatoms. The zero-order valence-electron chi connectivity index (χ0n) is 11.6. The summed E-state index contributed by atoms with van der Waals surface area (Å²) >= 11 is 6.16. The Morgan fingerprint density at radius 3 is 2.86 bits per heavy atom. The van der Waals surface area contributed by atoms with Crippen molar-refractivity contribution in [1.82, 2.24) is 0 Å². The van der Waals surface area contributed by atoms with Crippen molar-refractivity contribution in [1.29, 1.82) is 0 Å². The van der Waals surface area contributed by atoms with Crippen LogP contribution in [0, 0.1) is 12.3 Å². The van der Waals surface area contributed by atoms with Gasteiger partial charge in [-0.3, -0.25) is 4.79 Å². The molecule has 1 heterocycles. The number of hydrogen-bond donors (Lipinski definition) is 1. The number of carbonyl (C=O) groups excluding carboxylic acids is 1. The Morgan fingerprint density at radius 2 is 2.09 bits per heavy atom. The van der Waals surface area contributed by atoms with Crippen molar-refractivity contribution < 1.29 is 9.53 Å². The largest absolute Gasteiger partial charge is 0.479 e. The van der Waals surface area contributed by atoms with Gasteiger partial charge in [0, 0.05) is 16.8 Å². The van der Waals surface area contributed by atoms with Gasteiger partial charge in [-0.25, -0.2) is 0 Å². The molecular formula is C18H12ClNO2. The maximum absolute atomic E-state index is 12.1. The summed E-state index contributed by atoms with van der Waals surface area (Å²) in [5.74, 6) is 2.79. The van der Waals surface area contributed by atoms with Crippen LogP contribution in [0.4, 0.5) is 5.69 Å². The quantitative estimate of drug-likeness (QED) is 0.691. The van der Waals surface area contributed by atoms with E-state index in [-0.39, 0.29) is 12.5 Å². The fraction of sp³-hybridized carbons (Fsp3) is 0.0556. The first kappa shape index (κ1) is 14.2. The van der Waals surface area contributed by atoms with Gasteiger partial charge >= 0.3 is 0 Å². The van der Waals surface area contributed by atoms with Gasteiger partial charge in [-0.15, -0.1) is 6.42 Å². The Morgan fingerprint density at radius 1 is 1.27 bits per heavy atom. The molecule has 0 aliphatic carbocycles. The summed E-state index contributed by atoms with van der Waals surface area (Å²) in [7, 11) is 0. The number of ether oxygens (including phenoxy) is 1. The summed E-state index contributed by atoms with van der Waals surface area (Å²) in [6.07, 6.45) is 6.96. The van der Waals surface area contributed by atoms with E-state index >= 15 is 0 Å². The van der Waals surface area contributed by atoms with Crippen LogP contribution >= 0.6 is 11.6 Å². The van der Waals surface area contributed by atoms with Crippen molar-refractivity contribution >= 4 is 34.8 Å². The molecule has 2 aromatic carbocycles. The number of nitrogens with one attached hydrogen (secondary N) is 1. The maximum Gasteiger partial charge on any atom is 0.256 e. The third kappa shape index (κ3) is 2.69. The predicted molar refractivity (Wildman–Crippen MR) is 88.7 cm³/mol. The molecule has 0 fully saturated rings. The smallest absolute Gasteiger partial charge is 0.256 e. The standard InChI is InChI=1S/C18H12ClNO2/c1-2-9-22-17-8-7-12(11-15(17)19)10-14-13-5-3-4-6-16(13)20-18(14)21/h1,3-8,10-11H,9H2,(H,20,21)/b14-10-. The van der Waals surface area contributed by atoms with Crippen molar-refractivity contribution in [3.63, 3.8) is 0 Å². The lowest BCUT2D eigenvalue weighted by molar-refractivity contribution is -0.110. The normalized spacial score (nSPS) is 14.4. The van der Waals surface area contributed by atoms with Crippen molar-refractivity contribution in [2.45, 2.75) is 0 Å². The number of benzene rings is 2. The molecule has 0 saturated heterocycles. The summed E-state index contributed by atoms with van der Waals surface area (Å²) < 4.78 is 5.32. The summed E-state index contributed by atoms with van der Waals surface area (Å²) in [5.41, 5.74) is 3.14. The zero-order chi connectivity index (χ0) is 15.5. The lowest BCUT2D eigenvalue weighted by Gasteiger charge is -2.06. The molecule has 3 nitrogen and oxygen atoms in total. The molecular weight excluding hydrogens is 298 g/mol. The van der Waals surface area contributed by atoms with Gasteiger partial charge in [0.2, 0.25) is 0 Å². The van der Waals surface area contributed by atoms with Crippen LogP contribution in [0.15, 0.2) is 42.5 Å². The Balaban J connectivity index is 1.94. The molecule has 2 aromatic rings. The highest BCUT2D eigenvalue weighted by molar-refractivity contribution is 6.35. The third-order valence-corrected chi connectivity index (χ3v) is 3.58. The summed E-state index contributed by atoms with van der Waals surface area (Å²) in [5, 5.41) is 3.29. The monoisotopic (exact) mass is 309 g/mol. The molecule has 0 bridgehead atoms. The average Bonchev–Trinajstić information content (AvgIpc) is 2.83. The minimum Gasteiger partial charge on any atom is -0.479 e. The number of carbonyl (C=O) groups is 1. The van der Waals surface area contributed by atoms with E-state index in [0.29, 0.717) is 16.3 Å². The molecule has 0 unspecified atom stereocenters. The number of para-hydroxylation sites is 1. The molecule has 1 aliphatic heterocycles. The van der Waals surface area contributed by atoms with E-state index in [1.54, 1.807) is 18.2 Å². The highest BCUT2D eigenvalue weighted by Gasteiger charge is 2.23. The van der Waals surface area contributed by atoms with Gasteiger partial charge in [-0.1, -0.05) is 41.8 Å². The van der Waals surface area contributed by atoms with Crippen LogP contribution in [0.5, 0.6) is 5.75 Å². The van der Waals surface area contributed by atoms with Crippen molar-refractivity contribution in [2.75, 3.05) is 11.9 Å². The lowest BCUT2D eigenvalue weighted by atomic mass is 10.0. The first-order valence-corrected chi connectivity index (χ1v) is 7.05. The van der Waals surface area contributed by atoms with E-state index in [0.717, 1.165) is 16.8 Å². The number of fused-ring (bicyclic) bond motifs is 1. The van der Waals surface area contributed by atoms with Gasteiger partial charge in [-0.2, -0.15) is 0 Å². The fourth-order valence-electron chi connectivity index (χ4n) is 2.29. The van der Waals surface area contributed by atoms with Crippen LogP contribution in [-0.2, 0) is 4.79 Å². The summed E-state index contributed by atoms with van der Waals surface area (Å²) in [6.45, 7) is 0.163. The Labute approximate surface area is 133 Å². The highest BCUT2D eigenvalue weighted by Crippen LogP contribution is 2.34. The number of hydrogen-bond acceptors (Lipinski definition) is 2. The molecule has 0 aromatic heterocycles. The van der Waals surface area contributed by atoms with Crippen LogP contribution in [0.2, 0.25) is 5.02 Å². The Hall–Kier alpha value is -2.70. The molecule has 1 amide bonds. The van der Waals surface area contributed by atoms with Crippen LogP contribution in [0.25, 0.3) is 11.6 Å². The topological polar surface area (TPSA) is 38.3 Å². The Bertz CT molecular complexity index is 818. The number of rotatable bonds is 3. The third-order valence-electron chi connectivity index (χ3n) is 3.29. The minimum atomic E-state index is -0.120. The fourth-order valence-corrected chi connectivity index (χ4v) is 2.54. The van der Waals surface area contributed by atoms with E-state index in [1.165, 1.54) is 0 Å². The second-order valence-corrected chi connectivity index (χ2v) is 5.15. The molecule has 1 aliphatic rings. The van der Waals surface area contributed by atoms with E-state index in [1.807, 2.05) is 30.3 Å². The Kier molecular flexibility index (Phi) is 3.86. The second-order valence-electron chi connectivity index (χ2n) is 4.74. The number of halogens is 1. The molecule has 0 saturated carbocycles. The number of amides is 1. The summed E-state index contributed by atoms with van der Waals surface area (Å²) in [4.78, 5) is 12.1. The highest BCUT2D eigenvalue weighted by atomic mass is 35.5. The van der Waals surface area contributed by atoms with Gasteiger partial charge < -0.3 is 10.1 Å². The van der Waals surface area contributed by atoms with Crippen molar-refractivity contribution in [2.24, 2.45) is 0 Å². The molecule has 1 N–H and O–H groups in total. The maximum atomic E-state index is 12.1.